The van der Waals surface area contributed by atoms with Gasteiger partial charge >= 0.3 is 0 Å². The molecule has 0 fully saturated rings. The van der Waals surface area contributed by atoms with E-state index in [1.165, 1.54) is 0 Å². The van der Waals surface area contributed by atoms with Crippen molar-refractivity contribution >= 4 is 23.6 Å². The summed E-state index contributed by atoms with van der Waals surface area (Å²) in [6, 6.07) is 50.0. The summed E-state index contributed by atoms with van der Waals surface area (Å²) in [5.41, 5.74) is 7.40. The highest BCUT2D eigenvalue weighted by Gasteiger charge is 2.40. The number of carbonyl (C=O) groups is 4. The lowest BCUT2D eigenvalue weighted by atomic mass is 9.77. The number of hydrogen-bond acceptors (Lipinski definition) is 12. The fraction of sp³-hybridized carbons (Fsp3) is 0.278. The van der Waals surface area contributed by atoms with Crippen molar-refractivity contribution < 1.29 is 57.1 Å². The Morgan fingerprint density at radius 3 is 0.557 bits per heavy atom. The van der Waals surface area contributed by atoms with E-state index in [2.05, 4.69) is 21.3 Å². The predicted octanol–water partition coefficient (Wildman–Crippen LogP) is 11.6. The van der Waals surface area contributed by atoms with Gasteiger partial charge in [0.2, 0.25) is 23.6 Å². The van der Waals surface area contributed by atoms with Gasteiger partial charge < -0.3 is 59.2 Å². The smallest absolute Gasteiger partial charge is 0.221 e. The molecule has 0 spiro atoms. The SMILES string of the molecule is COc1cc(OC)c2cc1C1CC(=O)NC(c3ccccc3)[C@H](c3ccccc3)NC(=O)CC2c2cc(c(OC)cc2OC)C2CC(=O)NC(c3ccccc3)[C@H](c3ccccc3)NC(=O)CC(c3cc2c(OC)cc3OC)c2cc1c(OC)cc2OC. The Hall–Kier alpha value is -9.96. The van der Waals surface area contributed by atoms with Gasteiger partial charge in [0.25, 0.3) is 0 Å². The van der Waals surface area contributed by atoms with Crippen LogP contribution in [0.1, 0.15) is 140 Å². The molecule has 4 N–H and O–H groups in total. The van der Waals surface area contributed by atoms with Gasteiger partial charge in [0.1, 0.15) is 46.0 Å². The molecule has 12 bridgehead atoms. The van der Waals surface area contributed by atoms with Gasteiger partial charge in [0, 0.05) is 118 Å². The average Bonchev–Trinajstić information content (AvgIpc) is 1.41. The summed E-state index contributed by atoms with van der Waals surface area (Å²) >= 11 is 0. The molecule has 2 aliphatic heterocycles. The highest BCUT2D eigenvalue weighted by atomic mass is 16.5. The summed E-state index contributed by atoms with van der Waals surface area (Å²) in [7, 11) is 12.5. The first kappa shape index (κ1) is 59.8. The lowest BCUT2D eigenvalue weighted by Crippen LogP contribution is -2.41. The molecule has 4 atom stereocenters. The monoisotopic (exact) mass is 1180 g/mol. The zero-order chi connectivity index (χ0) is 61.6. The molecule has 0 radical (unpaired) electrons. The van der Waals surface area contributed by atoms with Gasteiger partial charge in [-0.1, -0.05) is 121 Å². The summed E-state index contributed by atoms with van der Waals surface area (Å²) in [6.07, 6.45) is -0.749. The highest BCUT2D eigenvalue weighted by Crippen LogP contribution is 2.53. The lowest BCUT2D eigenvalue weighted by molar-refractivity contribution is -0.125. The summed E-state index contributed by atoms with van der Waals surface area (Å²) in [6.45, 7) is 0. The van der Waals surface area contributed by atoms with Crippen LogP contribution in [0.25, 0.3) is 0 Å². The van der Waals surface area contributed by atoms with Gasteiger partial charge in [-0.3, -0.25) is 19.2 Å². The second-order valence-corrected chi connectivity index (χ2v) is 22.2. The maximum absolute atomic E-state index is 15.7. The normalized spacial score (nSPS) is 21.0. The van der Waals surface area contributed by atoms with Gasteiger partial charge in [-0.05, 0) is 46.5 Å². The molecule has 16 nitrogen and oxygen atoms in total. The van der Waals surface area contributed by atoms with E-state index < -0.39 is 47.8 Å². The Labute approximate surface area is 512 Å². The number of fused-ring (bicyclic) bond motifs is 8. The number of carbonyl (C=O) groups excluding carboxylic acids is 4. The van der Waals surface area contributed by atoms with E-state index in [9.17, 15) is 0 Å². The van der Waals surface area contributed by atoms with Crippen LogP contribution >= 0.6 is 0 Å². The Morgan fingerprint density at radius 2 is 0.409 bits per heavy atom. The van der Waals surface area contributed by atoms with E-state index >= 15 is 19.2 Å². The van der Waals surface area contributed by atoms with Crippen LogP contribution in [0.5, 0.6) is 46.0 Å². The number of rotatable bonds is 12. The first-order valence-corrected chi connectivity index (χ1v) is 29.3. The number of ether oxygens (including phenoxy) is 8. The molecule has 88 heavy (non-hydrogen) atoms. The molecule has 2 heterocycles. The van der Waals surface area contributed by atoms with E-state index in [1.54, 1.807) is 81.1 Å². The van der Waals surface area contributed by atoms with Crippen molar-refractivity contribution in [2.75, 3.05) is 56.9 Å². The standard InChI is InChI=1S/C72H72N4O12/c1-81-57-37-58(82-2)50-29-49(57)45-33-65(77)73-69(41-21-13-9-14-22-41)70(42-23-15-10-16-24-42)74-66(78)34-46(50)55-32-56(64(88-8)40-63(55)87-7)48-36-68(80)76-72(44-27-19-12-20-28-44)71(43-25-17-11-18-26-43)75-67(79)35-47(51-30-52(48)60(84-4)38-59(51)83-3)54-31-53(45)61(85-5)39-62(54)86-6/h9-32,37-40,45-48,69-72H,33-36H2,1-8H3,(H,73,77)(H,74,78)(H,75,79)(H,76,80)/t45?,46?,47?,48?,69-,70?,71?,72-/m0/s1. The van der Waals surface area contributed by atoms with Gasteiger partial charge in [-0.2, -0.15) is 0 Å². The van der Waals surface area contributed by atoms with Crippen LogP contribution < -0.4 is 59.2 Å². The molecular formula is C72H72N4O12. The fourth-order valence-electron chi connectivity index (χ4n) is 13.3. The number of nitrogens with one attached hydrogen (secondary N) is 4. The van der Waals surface area contributed by atoms with Gasteiger partial charge in [-0.25, -0.2) is 0 Å². The molecule has 1 aliphatic carbocycles. The number of benzene rings is 8. The average molecular weight is 1190 g/mol. The van der Waals surface area contributed by atoms with Crippen molar-refractivity contribution in [3.63, 3.8) is 0 Å². The van der Waals surface area contributed by atoms with E-state index in [4.69, 9.17) is 37.9 Å². The van der Waals surface area contributed by atoms with E-state index in [1.807, 2.05) is 146 Å². The number of methoxy groups -OCH3 is 8. The Bertz CT molecular complexity index is 3370. The second-order valence-electron chi connectivity index (χ2n) is 22.2. The lowest BCUT2D eigenvalue weighted by Gasteiger charge is -2.31. The molecule has 8 aromatic carbocycles. The van der Waals surface area contributed by atoms with Crippen molar-refractivity contribution in [2.45, 2.75) is 73.5 Å². The first-order valence-electron chi connectivity index (χ1n) is 29.3. The fourth-order valence-corrected chi connectivity index (χ4v) is 13.3. The van der Waals surface area contributed by atoms with E-state index in [-0.39, 0.29) is 49.3 Å². The van der Waals surface area contributed by atoms with E-state index in [0.717, 1.165) is 22.3 Å². The number of hydrogen-bond donors (Lipinski definition) is 4. The third-order valence-corrected chi connectivity index (χ3v) is 17.5. The van der Waals surface area contributed by atoms with Crippen molar-refractivity contribution in [3.8, 4) is 46.0 Å². The quantitative estimate of drug-likeness (QED) is 0.0907. The van der Waals surface area contributed by atoms with Gasteiger partial charge in [-0.15, -0.1) is 0 Å². The molecule has 0 saturated carbocycles. The summed E-state index contributed by atoms with van der Waals surface area (Å²) in [5.74, 6) is -2.00. The zero-order valence-electron chi connectivity index (χ0n) is 50.5. The van der Waals surface area contributed by atoms with Crippen LogP contribution in [-0.4, -0.2) is 80.5 Å². The summed E-state index contributed by atoms with van der Waals surface area (Å²) < 4.78 is 51.0. The van der Waals surface area contributed by atoms with Crippen LogP contribution in [0, 0.1) is 0 Å². The maximum atomic E-state index is 15.7. The molecule has 16 heteroatoms. The van der Waals surface area contributed by atoms with Crippen LogP contribution in [0.4, 0.5) is 0 Å². The van der Waals surface area contributed by atoms with E-state index in [0.29, 0.717) is 90.5 Å². The Kier molecular flexibility index (Phi) is 17.9. The Morgan fingerprint density at radius 1 is 0.250 bits per heavy atom. The minimum absolute atomic E-state index is 0.187. The topological polar surface area (TPSA) is 190 Å². The summed E-state index contributed by atoms with van der Waals surface area (Å²) in [4.78, 5) is 62.9. The van der Waals surface area contributed by atoms with Crippen molar-refractivity contribution in [1.29, 1.82) is 0 Å². The molecule has 8 aromatic rings. The molecular weight excluding hydrogens is 1110 g/mol. The zero-order valence-corrected chi connectivity index (χ0v) is 50.5. The van der Waals surface area contributed by atoms with Gasteiger partial charge in [0.05, 0.1) is 81.0 Å². The molecule has 4 amide bonds. The van der Waals surface area contributed by atoms with Crippen molar-refractivity contribution in [2.24, 2.45) is 0 Å². The largest absolute Gasteiger partial charge is 0.496 e. The van der Waals surface area contributed by atoms with Crippen LogP contribution in [-0.2, 0) is 19.2 Å². The first-order chi connectivity index (χ1) is 42.9. The third-order valence-electron chi connectivity index (χ3n) is 17.5. The predicted molar refractivity (Wildman–Crippen MR) is 333 cm³/mol. The maximum Gasteiger partial charge on any atom is 0.221 e. The van der Waals surface area contributed by atoms with Gasteiger partial charge in [0.15, 0.2) is 0 Å². The Balaban J connectivity index is 1.29. The molecule has 0 aromatic heterocycles. The second kappa shape index (κ2) is 26.3. The van der Waals surface area contributed by atoms with Crippen molar-refractivity contribution in [3.05, 3.63) is 237 Å². The number of amides is 4. The third kappa shape index (κ3) is 11.9. The molecule has 2 unspecified atom stereocenters. The summed E-state index contributed by atoms with van der Waals surface area (Å²) in [5, 5.41) is 13.6. The molecule has 452 valence electrons. The highest BCUT2D eigenvalue weighted by molar-refractivity contribution is 5.84. The van der Waals surface area contributed by atoms with Crippen molar-refractivity contribution in [1.82, 2.24) is 21.3 Å². The van der Waals surface area contributed by atoms with Crippen LogP contribution in [0.2, 0.25) is 0 Å². The molecule has 11 rings (SSSR count). The van der Waals surface area contributed by atoms with Crippen LogP contribution in [0.3, 0.4) is 0 Å². The molecule has 0 saturated heterocycles. The minimum Gasteiger partial charge on any atom is -0.496 e. The molecule has 3 aliphatic rings. The minimum atomic E-state index is -0.885. The van der Waals surface area contributed by atoms with Crippen LogP contribution in [0.15, 0.2) is 170 Å².